The van der Waals surface area contributed by atoms with Gasteiger partial charge in [0.2, 0.25) is 0 Å². The summed E-state index contributed by atoms with van der Waals surface area (Å²) in [6.07, 6.45) is 5.13. The maximum Gasteiger partial charge on any atom is 0.271 e. The van der Waals surface area contributed by atoms with Crippen LogP contribution in [0.5, 0.6) is 5.75 Å². The molecule has 8 heteroatoms. The monoisotopic (exact) mass is 388 g/mol. The maximum atomic E-state index is 13.0. The molecule has 142 valence electrons. The first-order valence-electron chi connectivity index (χ1n) is 9.02. The van der Waals surface area contributed by atoms with Crippen molar-refractivity contribution >= 4 is 21.4 Å². The molecule has 0 N–H and O–H groups in total. The molecule has 0 atom stereocenters. The van der Waals surface area contributed by atoms with Gasteiger partial charge in [-0.3, -0.25) is 14.4 Å². The fourth-order valence-corrected chi connectivity index (χ4v) is 5.21. The number of benzene rings is 2. The van der Waals surface area contributed by atoms with Gasteiger partial charge in [0.25, 0.3) is 15.7 Å². The van der Waals surface area contributed by atoms with E-state index in [0.29, 0.717) is 17.9 Å². The summed E-state index contributed by atoms with van der Waals surface area (Å²) in [6.45, 7) is 0.277. The number of ether oxygens (including phenoxy) is 1. The van der Waals surface area contributed by atoms with Gasteiger partial charge in [0, 0.05) is 18.7 Å². The van der Waals surface area contributed by atoms with E-state index in [4.69, 9.17) is 4.74 Å². The Hall–Kier alpha value is -2.61. The number of nitro benzene ring substituents is 1. The van der Waals surface area contributed by atoms with Gasteiger partial charge in [-0.05, 0) is 61.9 Å². The van der Waals surface area contributed by atoms with Crippen LogP contribution in [-0.2, 0) is 16.4 Å². The van der Waals surface area contributed by atoms with Gasteiger partial charge in [0.15, 0.2) is 0 Å². The van der Waals surface area contributed by atoms with Crippen LogP contribution >= 0.6 is 0 Å². The van der Waals surface area contributed by atoms with E-state index in [2.05, 4.69) is 0 Å². The van der Waals surface area contributed by atoms with Crippen molar-refractivity contribution in [2.75, 3.05) is 10.8 Å². The Labute approximate surface area is 157 Å². The van der Waals surface area contributed by atoms with Crippen molar-refractivity contribution in [1.29, 1.82) is 0 Å². The molecule has 2 aliphatic rings. The van der Waals surface area contributed by atoms with Crippen molar-refractivity contribution in [2.24, 2.45) is 0 Å². The van der Waals surface area contributed by atoms with Crippen molar-refractivity contribution in [2.45, 2.75) is 43.1 Å². The van der Waals surface area contributed by atoms with Gasteiger partial charge in [0.1, 0.15) is 5.75 Å². The molecule has 2 aromatic carbocycles. The molecule has 7 nitrogen and oxygen atoms in total. The molecule has 0 amide bonds. The lowest BCUT2D eigenvalue weighted by Crippen LogP contribution is -2.29. The van der Waals surface area contributed by atoms with Crippen LogP contribution in [0, 0.1) is 10.1 Å². The highest BCUT2D eigenvalue weighted by molar-refractivity contribution is 7.92. The summed E-state index contributed by atoms with van der Waals surface area (Å²) < 4.78 is 33.2. The molecule has 0 radical (unpaired) electrons. The SMILES string of the molecule is O=[N+]([O-])c1ccc2c(c1)N(S(=O)(=O)c1ccc(OC3CCCC3)cc1)CC2. The number of anilines is 1. The predicted molar refractivity (Wildman–Crippen MR) is 101 cm³/mol. The van der Waals surface area contributed by atoms with Gasteiger partial charge >= 0.3 is 0 Å². The molecule has 4 rings (SSSR count). The van der Waals surface area contributed by atoms with E-state index >= 15 is 0 Å². The third-order valence-corrected chi connectivity index (χ3v) is 6.98. The van der Waals surface area contributed by atoms with Crippen LogP contribution in [0.1, 0.15) is 31.2 Å². The standard InChI is InChI=1S/C19H20N2O5S/c22-21(23)15-6-5-14-11-12-20(19(14)13-15)27(24,25)18-9-7-17(8-10-18)26-16-3-1-2-4-16/h5-10,13,16H,1-4,11-12H2. The average Bonchev–Trinajstić information content (AvgIpc) is 3.31. The average molecular weight is 388 g/mol. The Bertz CT molecular complexity index is 966. The lowest BCUT2D eigenvalue weighted by atomic mass is 10.1. The van der Waals surface area contributed by atoms with Crippen LogP contribution in [0.25, 0.3) is 0 Å². The van der Waals surface area contributed by atoms with Crippen LogP contribution in [0.3, 0.4) is 0 Å². The second-order valence-electron chi connectivity index (χ2n) is 6.89. The van der Waals surface area contributed by atoms with Crippen LogP contribution in [0.2, 0.25) is 0 Å². The van der Waals surface area contributed by atoms with Gasteiger partial charge in [-0.25, -0.2) is 8.42 Å². The quantitative estimate of drug-likeness (QED) is 0.576. The van der Waals surface area contributed by atoms with Crippen LogP contribution in [-0.4, -0.2) is 26.0 Å². The van der Waals surface area contributed by atoms with E-state index in [-0.39, 0.29) is 23.2 Å². The van der Waals surface area contributed by atoms with Gasteiger partial charge in [0.05, 0.1) is 21.6 Å². The number of hydrogen-bond acceptors (Lipinski definition) is 5. The normalized spacial score (nSPS) is 17.1. The number of rotatable bonds is 5. The number of fused-ring (bicyclic) bond motifs is 1. The minimum absolute atomic E-state index is 0.115. The van der Waals surface area contributed by atoms with Gasteiger partial charge in [-0.15, -0.1) is 0 Å². The highest BCUT2D eigenvalue weighted by atomic mass is 32.2. The molecule has 0 aromatic heterocycles. The lowest BCUT2D eigenvalue weighted by Gasteiger charge is -2.20. The molecule has 0 bridgehead atoms. The first-order valence-corrected chi connectivity index (χ1v) is 10.5. The fraction of sp³-hybridized carbons (Fsp3) is 0.368. The second-order valence-corrected chi connectivity index (χ2v) is 8.76. The molecular weight excluding hydrogens is 368 g/mol. The molecule has 27 heavy (non-hydrogen) atoms. The van der Waals surface area contributed by atoms with Crippen molar-refractivity contribution in [3.05, 3.63) is 58.1 Å². The molecule has 0 unspecified atom stereocenters. The van der Waals surface area contributed by atoms with E-state index in [1.807, 2.05) is 0 Å². The molecule has 0 spiro atoms. The molecule has 1 heterocycles. The van der Waals surface area contributed by atoms with Gasteiger partial charge in [-0.1, -0.05) is 6.07 Å². The van der Waals surface area contributed by atoms with E-state index < -0.39 is 14.9 Å². The third kappa shape index (κ3) is 3.37. The molecule has 1 aliphatic carbocycles. The van der Waals surface area contributed by atoms with E-state index in [9.17, 15) is 18.5 Å². The molecule has 2 aromatic rings. The van der Waals surface area contributed by atoms with E-state index in [0.717, 1.165) is 31.2 Å². The van der Waals surface area contributed by atoms with Crippen molar-refractivity contribution in [3.8, 4) is 5.75 Å². The minimum Gasteiger partial charge on any atom is -0.490 e. The zero-order chi connectivity index (χ0) is 19.0. The van der Waals surface area contributed by atoms with E-state index in [1.54, 1.807) is 18.2 Å². The maximum absolute atomic E-state index is 13.0. The zero-order valence-corrected chi connectivity index (χ0v) is 15.5. The predicted octanol–water partition coefficient (Wildman–Crippen LogP) is 3.67. The van der Waals surface area contributed by atoms with Gasteiger partial charge < -0.3 is 4.74 Å². The topological polar surface area (TPSA) is 89.8 Å². The summed E-state index contributed by atoms with van der Waals surface area (Å²) in [5, 5.41) is 11.0. The summed E-state index contributed by atoms with van der Waals surface area (Å²) in [5.74, 6) is 0.665. The minimum atomic E-state index is -3.78. The first kappa shape index (κ1) is 17.8. The Balaban J connectivity index is 1.59. The summed E-state index contributed by atoms with van der Waals surface area (Å²) in [4.78, 5) is 10.7. The molecule has 1 saturated carbocycles. The van der Waals surface area contributed by atoms with Crippen molar-refractivity contribution in [3.63, 3.8) is 0 Å². The lowest BCUT2D eigenvalue weighted by molar-refractivity contribution is -0.384. The summed E-state index contributed by atoms with van der Waals surface area (Å²) in [5.41, 5.74) is 1.07. The number of non-ortho nitro benzene ring substituents is 1. The molecule has 0 saturated heterocycles. The van der Waals surface area contributed by atoms with Crippen LogP contribution < -0.4 is 9.04 Å². The summed E-state index contributed by atoms with van der Waals surface area (Å²) in [6, 6.07) is 10.8. The van der Waals surface area contributed by atoms with Crippen molar-refractivity contribution in [1.82, 2.24) is 0 Å². The highest BCUT2D eigenvalue weighted by Gasteiger charge is 2.32. The smallest absolute Gasteiger partial charge is 0.271 e. The highest BCUT2D eigenvalue weighted by Crippen LogP contribution is 2.36. The molecular formula is C19H20N2O5S. The Morgan fingerprint density at radius 1 is 1.07 bits per heavy atom. The number of sulfonamides is 1. The summed E-state index contributed by atoms with van der Waals surface area (Å²) in [7, 11) is -3.78. The number of nitro groups is 1. The third-order valence-electron chi connectivity index (χ3n) is 5.15. The molecule has 1 aliphatic heterocycles. The van der Waals surface area contributed by atoms with Crippen LogP contribution in [0.4, 0.5) is 11.4 Å². The second kappa shape index (κ2) is 6.84. The zero-order valence-electron chi connectivity index (χ0n) is 14.7. The van der Waals surface area contributed by atoms with E-state index in [1.165, 1.54) is 28.6 Å². The van der Waals surface area contributed by atoms with Crippen molar-refractivity contribution < 1.29 is 18.1 Å². The first-order chi connectivity index (χ1) is 12.9. The fourth-order valence-electron chi connectivity index (χ4n) is 3.72. The number of hydrogen-bond donors (Lipinski definition) is 0. The van der Waals surface area contributed by atoms with Gasteiger partial charge in [-0.2, -0.15) is 0 Å². The largest absolute Gasteiger partial charge is 0.490 e. The summed E-state index contributed by atoms with van der Waals surface area (Å²) >= 11 is 0. The van der Waals surface area contributed by atoms with Crippen LogP contribution in [0.15, 0.2) is 47.4 Å². The number of nitrogens with zero attached hydrogens (tertiary/aromatic N) is 2. The Morgan fingerprint density at radius 3 is 2.44 bits per heavy atom. The Kier molecular flexibility index (Phi) is 4.51. The Morgan fingerprint density at radius 2 is 1.78 bits per heavy atom. The molecule has 1 fully saturated rings.